The molecule has 0 amide bonds. The van der Waals surface area contributed by atoms with Crippen LogP contribution in [0.15, 0.2) is 12.1 Å². The normalized spacial score (nSPS) is 18.1. The van der Waals surface area contributed by atoms with Gasteiger partial charge >= 0.3 is 5.97 Å². The van der Waals surface area contributed by atoms with Crippen LogP contribution in [-0.2, 0) is 10.2 Å². The highest BCUT2D eigenvalue weighted by molar-refractivity contribution is 5.83. The summed E-state index contributed by atoms with van der Waals surface area (Å²) in [5.74, 6) is 0.00107. The van der Waals surface area contributed by atoms with Crippen molar-refractivity contribution in [2.75, 3.05) is 7.11 Å². The first-order valence-electron chi connectivity index (χ1n) is 6.90. The van der Waals surface area contributed by atoms with Crippen molar-refractivity contribution in [1.82, 2.24) is 0 Å². The van der Waals surface area contributed by atoms with Gasteiger partial charge in [0.05, 0.1) is 12.5 Å². The number of methoxy groups -OCH3 is 1. The topological polar surface area (TPSA) is 46.5 Å². The molecule has 1 fully saturated rings. The summed E-state index contributed by atoms with van der Waals surface area (Å²) in [6.07, 6.45) is 4.50. The van der Waals surface area contributed by atoms with E-state index in [0.717, 1.165) is 36.0 Å². The molecule has 0 aromatic heterocycles. The first-order chi connectivity index (χ1) is 9.01. The molecule has 1 saturated carbocycles. The number of carbonyl (C=O) groups is 1. The summed E-state index contributed by atoms with van der Waals surface area (Å²) in [7, 11) is 1.62. The van der Waals surface area contributed by atoms with E-state index in [1.54, 1.807) is 7.11 Å². The van der Waals surface area contributed by atoms with Crippen LogP contribution in [0.1, 0.15) is 48.8 Å². The van der Waals surface area contributed by atoms with Gasteiger partial charge in [0.2, 0.25) is 0 Å². The van der Waals surface area contributed by atoms with Crippen molar-refractivity contribution in [3.63, 3.8) is 0 Å². The average molecular weight is 262 g/mol. The molecule has 1 aliphatic rings. The number of carboxylic acid groups (broad SMARTS) is 1. The molecule has 1 aromatic carbocycles. The van der Waals surface area contributed by atoms with Crippen LogP contribution in [0.3, 0.4) is 0 Å². The van der Waals surface area contributed by atoms with Crippen molar-refractivity contribution >= 4 is 5.97 Å². The molecule has 0 heterocycles. The summed E-state index contributed by atoms with van der Waals surface area (Å²) in [5, 5.41) is 9.77. The summed E-state index contributed by atoms with van der Waals surface area (Å²) >= 11 is 0. The van der Waals surface area contributed by atoms with E-state index >= 15 is 0 Å². The number of hydrogen-bond acceptors (Lipinski definition) is 2. The van der Waals surface area contributed by atoms with Gasteiger partial charge in [0, 0.05) is 5.56 Å². The highest BCUT2D eigenvalue weighted by atomic mass is 16.5. The molecule has 1 aromatic rings. The van der Waals surface area contributed by atoms with Gasteiger partial charge in [0.15, 0.2) is 0 Å². The minimum atomic E-state index is -0.762. The third-order valence-corrected chi connectivity index (χ3v) is 4.45. The van der Waals surface area contributed by atoms with Crippen LogP contribution in [0.4, 0.5) is 0 Å². The molecule has 0 spiro atoms. The monoisotopic (exact) mass is 262 g/mol. The molecule has 1 N–H and O–H groups in total. The molecule has 1 aliphatic carbocycles. The zero-order valence-electron chi connectivity index (χ0n) is 12.0. The highest BCUT2D eigenvalue weighted by Gasteiger charge is 2.43. The van der Waals surface area contributed by atoms with Gasteiger partial charge in [-0.1, -0.05) is 25.3 Å². The summed E-state index contributed by atoms with van der Waals surface area (Å²) in [5.41, 5.74) is 2.35. The zero-order chi connectivity index (χ0) is 14.0. The molecular formula is C16H22O3. The molecule has 0 bridgehead atoms. The molecule has 3 nitrogen and oxygen atoms in total. The Labute approximate surface area is 114 Å². The van der Waals surface area contributed by atoms with Crippen molar-refractivity contribution < 1.29 is 14.6 Å². The second-order valence-electron chi connectivity index (χ2n) is 5.58. The SMILES string of the molecule is COc1cc(C)c(C)cc1C1(C(=O)O)CCCCC1. The van der Waals surface area contributed by atoms with Crippen LogP contribution < -0.4 is 4.74 Å². The Morgan fingerprint density at radius 2 is 1.74 bits per heavy atom. The number of aliphatic carboxylic acids is 1. The molecule has 3 heteroatoms. The zero-order valence-corrected chi connectivity index (χ0v) is 12.0. The third-order valence-electron chi connectivity index (χ3n) is 4.45. The van der Waals surface area contributed by atoms with Gasteiger partial charge in [-0.05, 0) is 43.9 Å². The first-order valence-corrected chi connectivity index (χ1v) is 6.90. The number of aryl methyl sites for hydroxylation is 2. The number of carboxylic acids is 1. The van der Waals surface area contributed by atoms with Crippen LogP contribution in [0.25, 0.3) is 0 Å². The molecule has 104 valence electrons. The van der Waals surface area contributed by atoms with Crippen LogP contribution in [0.5, 0.6) is 5.75 Å². The van der Waals surface area contributed by atoms with Gasteiger partial charge in [0.25, 0.3) is 0 Å². The second kappa shape index (κ2) is 5.24. The fourth-order valence-corrected chi connectivity index (χ4v) is 3.09. The smallest absolute Gasteiger partial charge is 0.314 e. The number of ether oxygens (including phenoxy) is 1. The fraction of sp³-hybridized carbons (Fsp3) is 0.562. The Bertz CT molecular complexity index is 485. The summed E-state index contributed by atoms with van der Waals surface area (Å²) in [6.45, 7) is 4.05. The maximum Gasteiger partial charge on any atom is 0.314 e. The van der Waals surface area contributed by atoms with Crippen LogP contribution >= 0.6 is 0 Å². The number of benzene rings is 1. The Hall–Kier alpha value is -1.51. The van der Waals surface area contributed by atoms with Gasteiger partial charge in [-0.3, -0.25) is 4.79 Å². The molecular weight excluding hydrogens is 240 g/mol. The fourth-order valence-electron chi connectivity index (χ4n) is 3.09. The van der Waals surface area contributed by atoms with Crippen molar-refractivity contribution in [3.8, 4) is 5.75 Å². The van der Waals surface area contributed by atoms with Gasteiger partial charge in [-0.25, -0.2) is 0 Å². The average Bonchev–Trinajstić information content (AvgIpc) is 2.42. The minimum absolute atomic E-state index is 0.710. The van der Waals surface area contributed by atoms with Crippen molar-refractivity contribution in [2.45, 2.75) is 51.4 Å². The van der Waals surface area contributed by atoms with Crippen molar-refractivity contribution in [1.29, 1.82) is 0 Å². The van der Waals surface area contributed by atoms with E-state index in [2.05, 4.69) is 0 Å². The molecule has 2 rings (SSSR count). The Morgan fingerprint density at radius 1 is 1.16 bits per heavy atom. The lowest BCUT2D eigenvalue weighted by atomic mass is 9.68. The highest BCUT2D eigenvalue weighted by Crippen LogP contribution is 2.44. The number of hydrogen-bond donors (Lipinski definition) is 1. The van der Waals surface area contributed by atoms with E-state index in [-0.39, 0.29) is 0 Å². The van der Waals surface area contributed by atoms with E-state index in [1.807, 2.05) is 26.0 Å². The Balaban J connectivity index is 2.59. The van der Waals surface area contributed by atoms with E-state index in [4.69, 9.17) is 4.74 Å². The van der Waals surface area contributed by atoms with Gasteiger partial charge < -0.3 is 9.84 Å². The summed E-state index contributed by atoms with van der Waals surface area (Å²) in [6, 6.07) is 3.97. The van der Waals surface area contributed by atoms with Crippen LogP contribution in [0.2, 0.25) is 0 Å². The Morgan fingerprint density at radius 3 is 2.26 bits per heavy atom. The summed E-state index contributed by atoms with van der Waals surface area (Å²) < 4.78 is 5.45. The molecule has 19 heavy (non-hydrogen) atoms. The van der Waals surface area contributed by atoms with Crippen LogP contribution in [-0.4, -0.2) is 18.2 Å². The number of rotatable bonds is 3. The lowest BCUT2D eigenvalue weighted by Gasteiger charge is -2.35. The summed E-state index contributed by atoms with van der Waals surface area (Å²) in [4.78, 5) is 11.9. The predicted octanol–water partition coefficient (Wildman–Crippen LogP) is 3.60. The molecule has 0 aliphatic heterocycles. The Kier molecular flexibility index (Phi) is 3.83. The van der Waals surface area contributed by atoms with Gasteiger partial charge in [-0.15, -0.1) is 0 Å². The minimum Gasteiger partial charge on any atom is -0.496 e. The molecule has 0 unspecified atom stereocenters. The van der Waals surface area contributed by atoms with Gasteiger partial charge in [0.1, 0.15) is 5.75 Å². The first kappa shape index (κ1) is 13.9. The van der Waals surface area contributed by atoms with Crippen molar-refractivity contribution in [2.24, 2.45) is 0 Å². The molecule has 0 saturated heterocycles. The molecule has 0 radical (unpaired) electrons. The van der Waals surface area contributed by atoms with Gasteiger partial charge in [-0.2, -0.15) is 0 Å². The largest absolute Gasteiger partial charge is 0.496 e. The van der Waals surface area contributed by atoms with Crippen LogP contribution in [0, 0.1) is 13.8 Å². The quantitative estimate of drug-likeness (QED) is 0.905. The third kappa shape index (κ3) is 2.34. The second-order valence-corrected chi connectivity index (χ2v) is 5.58. The van der Waals surface area contributed by atoms with E-state index < -0.39 is 11.4 Å². The standard InChI is InChI=1S/C16H22O3/c1-11-9-13(14(19-3)10-12(11)2)16(15(17)18)7-5-4-6-8-16/h9-10H,4-8H2,1-3H3,(H,17,18). The lowest BCUT2D eigenvalue weighted by molar-refractivity contribution is -0.145. The van der Waals surface area contributed by atoms with E-state index in [0.29, 0.717) is 18.6 Å². The molecule has 0 atom stereocenters. The lowest BCUT2D eigenvalue weighted by Crippen LogP contribution is -2.38. The van der Waals surface area contributed by atoms with Crippen molar-refractivity contribution in [3.05, 3.63) is 28.8 Å². The maximum absolute atomic E-state index is 11.9. The predicted molar refractivity (Wildman–Crippen MR) is 74.9 cm³/mol. The van der Waals surface area contributed by atoms with E-state index in [1.165, 1.54) is 0 Å². The maximum atomic E-state index is 11.9. The van der Waals surface area contributed by atoms with E-state index in [9.17, 15) is 9.90 Å².